The van der Waals surface area contributed by atoms with Crippen molar-refractivity contribution in [2.24, 2.45) is 0 Å². The third kappa shape index (κ3) is 1.81. The Bertz CT molecular complexity index is 89.1. The van der Waals surface area contributed by atoms with E-state index in [1.165, 1.54) is 0 Å². The van der Waals surface area contributed by atoms with Crippen molar-refractivity contribution in [3.63, 3.8) is 0 Å². The Morgan fingerprint density at radius 1 is 1.67 bits per heavy atom. The molecule has 0 saturated carbocycles. The minimum Gasteiger partial charge on any atom is -0.380 e. The number of rotatable bonds is 1. The summed E-state index contributed by atoms with van der Waals surface area (Å²) < 4.78 is 5.13. The number of nitrogens with one attached hydrogen (secondary N) is 1. The van der Waals surface area contributed by atoms with Crippen molar-refractivity contribution in [3.8, 4) is 0 Å². The van der Waals surface area contributed by atoms with E-state index in [0.29, 0.717) is 0 Å². The molecule has 0 amide bonds. The fourth-order valence-corrected chi connectivity index (χ4v) is 1.40. The van der Waals surface area contributed by atoms with Gasteiger partial charge in [-0.2, -0.15) is 0 Å². The third-order valence-corrected chi connectivity index (χ3v) is 2.09. The van der Waals surface area contributed by atoms with Crippen LogP contribution >= 0.6 is 11.6 Å². The molecule has 0 aromatic rings. The zero-order chi connectivity index (χ0) is 6.69. The summed E-state index contributed by atoms with van der Waals surface area (Å²) in [5.41, 5.74) is 0. The minimum absolute atomic E-state index is 0.156. The predicted octanol–water partition coefficient (Wildman–Crippen LogP) is 0.602. The fraction of sp³-hybridized carbons (Fsp3) is 1.00. The number of alkyl halides is 1. The molecule has 0 radical (unpaired) electrons. The number of hydrogen-bond acceptors (Lipinski definition) is 2. The highest BCUT2D eigenvalue weighted by Gasteiger charge is 2.21. The van der Waals surface area contributed by atoms with Gasteiger partial charge in [0.2, 0.25) is 0 Å². The van der Waals surface area contributed by atoms with Gasteiger partial charge in [0.1, 0.15) is 0 Å². The lowest BCUT2D eigenvalue weighted by Crippen LogP contribution is -2.41. The monoisotopic (exact) mass is 149 g/mol. The SMILES string of the molecule is COC1CCNCC1Cl. The Kier molecular flexibility index (Phi) is 2.76. The summed E-state index contributed by atoms with van der Waals surface area (Å²) in [5.74, 6) is 0. The second-order valence-corrected chi connectivity index (χ2v) is 2.84. The summed E-state index contributed by atoms with van der Waals surface area (Å²) in [4.78, 5) is 0. The molecule has 2 unspecified atom stereocenters. The van der Waals surface area contributed by atoms with E-state index >= 15 is 0 Å². The van der Waals surface area contributed by atoms with Crippen LogP contribution in [0.2, 0.25) is 0 Å². The van der Waals surface area contributed by atoms with Gasteiger partial charge in [0.15, 0.2) is 0 Å². The van der Waals surface area contributed by atoms with Crippen molar-refractivity contribution in [2.45, 2.75) is 17.9 Å². The summed E-state index contributed by atoms with van der Waals surface area (Å²) in [5, 5.41) is 3.34. The maximum absolute atomic E-state index is 5.90. The number of halogens is 1. The summed E-state index contributed by atoms with van der Waals surface area (Å²) in [6.07, 6.45) is 1.29. The van der Waals surface area contributed by atoms with Crippen molar-refractivity contribution in [2.75, 3.05) is 20.2 Å². The summed E-state index contributed by atoms with van der Waals surface area (Å²) in [6, 6.07) is 0. The Hall–Kier alpha value is 0.210. The zero-order valence-corrected chi connectivity index (χ0v) is 6.32. The van der Waals surface area contributed by atoms with Crippen LogP contribution < -0.4 is 5.32 Å². The van der Waals surface area contributed by atoms with Gasteiger partial charge in [0.05, 0.1) is 11.5 Å². The second-order valence-electron chi connectivity index (χ2n) is 2.28. The van der Waals surface area contributed by atoms with Crippen LogP contribution in [-0.4, -0.2) is 31.7 Å². The lowest BCUT2D eigenvalue weighted by Gasteiger charge is -2.26. The number of ether oxygens (including phenoxy) is 1. The molecule has 0 aromatic heterocycles. The highest BCUT2D eigenvalue weighted by molar-refractivity contribution is 6.21. The molecule has 1 fully saturated rings. The lowest BCUT2D eigenvalue weighted by molar-refractivity contribution is 0.0798. The van der Waals surface area contributed by atoms with Crippen molar-refractivity contribution in [1.29, 1.82) is 0 Å². The molecule has 2 atom stereocenters. The van der Waals surface area contributed by atoms with Gasteiger partial charge in [-0.1, -0.05) is 0 Å². The molecule has 0 bridgehead atoms. The second kappa shape index (κ2) is 3.40. The zero-order valence-electron chi connectivity index (χ0n) is 5.56. The smallest absolute Gasteiger partial charge is 0.0759 e. The highest BCUT2D eigenvalue weighted by Crippen LogP contribution is 2.12. The fourth-order valence-electron chi connectivity index (χ4n) is 1.06. The molecular weight excluding hydrogens is 138 g/mol. The topological polar surface area (TPSA) is 21.3 Å². The standard InChI is InChI=1S/C6H12ClNO/c1-9-6-2-3-8-4-5(6)7/h5-6,8H,2-4H2,1H3. The van der Waals surface area contributed by atoms with E-state index in [1.807, 2.05) is 0 Å². The largest absolute Gasteiger partial charge is 0.380 e. The van der Waals surface area contributed by atoms with Crippen LogP contribution in [0.5, 0.6) is 0 Å². The van der Waals surface area contributed by atoms with Crippen molar-refractivity contribution < 1.29 is 4.74 Å². The molecule has 1 aliphatic rings. The van der Waals surface area contributed by atoms with Gasteiger partial charge in [-0.3, -0.25) is 0 Å². The summed E-state index contributed by atoms with van der Waals surface area (Å²) in [6.45, 7) is 1.90. The van der Waals surface area contributed by atoms with E-state index in [2.05, 4.69) is 5.32 Å². The third-order valence-electron chi connectivity index (χ3n) is 1.65. The van der Waals surface area contributed by atoms with E-state index in [-0.39, 0.29) is 11.5 Å². The lowest BCUT2D eigenvalue weighted by atomic mass is 10.1. The molecular formula is C6H12ClNO. The first kappa shape index (κ1) is 7.32. The van der Waals surface area contributed by atoms with Gasteiger partial charge in [-0.15, -0.1) is 11.6 Å². The molecule has 2 nitrogen and oxygen atoms in total. The maximum atomic E-state index is 5.90. The quantitative estimate of drug-likeness (QED) is 0.552. The molecule has 9 heavy (non-hydrogen) atoms. The Morgan fingerprint density at radius 3 is 2.89 bits per heavy atom. The van der Waals surface area contributed by atoms with E-state index in [0.717, 1.165) is 19.5 Å². The minimum atomic E-state index is 0.156. The van der Waals surface area contributed by atoms with Gasteiger partial charge in [0, 0.05) is 13.7 Å². The average molecular weight is 150 g/mol. The summed E-state index contributed by atoms with van der Waals surface area (Å²) in [7, 11) is 1.71. The molecule has 3 heteroatoms. The van der Waals surface area contributed by atoms with E-state index in [4.69, 9.17) is 16.3 Å². The first-order valence-corrected chi connectivity index (χ1v) is 3.66. The molecule has 1 aliphatic heterocycles. The molecule has 0 spiro atoms. The van der Waals surface area contributed by atoms with Gasteiger partial charge in [-0.05, 0) is 13.0 Å². The Morgan fingerprint density at radius 2 is 2.44 bits per heavy atom. The Labute approximate surface area is 60.5 Å². The van der Waals surface area contributed by atoms with Crippen LogP contribution in [0, 0.1) is 0 Å². The number of piperidine rings is 1. The normalized spacial score (nSPS) is 36.7. The first-order chi connectivity index (χ1) is 4.34. The maximum Gasteiger partial charge on any atom is 0.0759 e. The van der Waals surface area contributed by atoms with Crippen LogP contribution in [0.4, 0.5) is 0 Å². The van der Waals surface area contributed by atoms with Crippen LogP contribution in [0.25, 0.3) is 0 Å². The van der Waals surface area contributed by atoms with E-state index in [1.54, 1.807) is 7.11 Å². The Balaban J connectivity index is 2.30. The molecule has 1 rings (SSSR count). The molecule has 1 saturated heterocycles. The van der Waals surface area contributed by atoms with Crippen molar-refractivity contribution >= 4 is 11.6 Å². The molecule has 0 aromatic carbocycles. The van der Waals surface area contributed by atoms with Gasteiger partial charge >= 0.3 is 0 Å². The summed E-state index contributed by atoms with van der Waals surface area (Å²) >= 11 is 5.90. The molecule has 1 N–H and O–H groups in total. The van der Waals surface area contributed by atoms with Gasteiger partial charge in [-0.25, -0.2) is 0 Å². The number of methoxy groups -OCH3 is 1. The predicted molar refractivity (Wildman–Crippen MR) is 37.9 cm³/mol. The van der Waals surface area contributed by atoms with E-state index < -0.39 is 0 Å². The molecule has 1 heterocycles. The van der Waals surface area contributed by atoms with Crippen LogP contribution in [0.15, 0.2) is 0 Å². The van der Waals surface area contributed by atoms with Gasteiger partial charge < -0.3 is 10.1 Å². The van der Waals surface area contributed by atoms with Crippen LogP contribution in [0.1, 0.15) is 6.42 Å². The van der Waals surface area contributed by atoms with Crippen LogP contribution in [0.3, 0.4) is 0 Å². The number of hydrogen-bond donors (Lipinski definition) is 1. The van der Waals surface area contributed by atoms with Crippen molar-refractivity contribution in [3.05, 3.63) is 0 Å². The van der Waals surface area contributed by atoms with E-state index in [9.17, 15) is 0 Å². The highest BCUT2D eigenvalue weighted by atomic mass is 35.5. The molecule has 54 valence electrons. The van der Waals surface area contributed by atoms with Crippen molar-refractivity contribution in [1.82, 2.24) is 5.32 Å². The average Bonchev–Trinajstić information content (AvgIpc) is 1.89. The van der Waals surface area contributed by atoms with Crippen LogP contribution in [-0.2, 0) is 4.74 Å². The molecule has 0 aliphatic carbocycles. The van der Waals surface area contributed by atoms with Gasteiger partial charge in [0.25, 0.3) is 0 Å². The first-order valence-electron chi connectivity index (χ1n) is 3.22.